The first kappa shape index (κ1) is 15.8. The number of hydrazine groups is 1. The van der Waals surface area contributed by atoms with Gasteiger partial charge in [-0.15, -0.1) is 0 Å². The van der Waals surface area contributed by atoms with Gasteiger partial charge in [-0.1, -0.05) is 0 Å². The molecule has 3 N–H and O–H groups in total. The van der Waals surface area contributed by atoms with Crippen molar-refractivity contribution >= 4 is 15.8 Å². The first-order chi connectivity index (χ1) is 8.93. The van der Waals surface area contributed by atoms with Gasteiger partial charge in [0, 0.05) is 32.0 Å². The molecule has 1 heterocycles. The predicted molar refractivity (Wildman–Crippen MR) is 73.0 cm³/mol. The highest BCUT2D eigenvalue weighted by atomic mass is 32.2. The third-order valence-corrected chi connectivity index (χ3v) is 4.65. The monoisotopic (exact) mass is 288 g/mol. The van der Waals surface area contributed by atoms with E-state index in [9.17, 15) is 8.42 Å². The average molecular weight is 288 g/mol. The minimum absolute atomic E-state index is 0.153. The molecule has 0 saturated heterocycles. The second-order valence-electron chi connectivity index (χ2n) is 4.22. The molecule has 0 aliphatic heterocycles. The van der Waals surface area contributed by atoms with Gasteiger partial charge < -0.3 is 10.2 Å². The molecule has 1 aromatic heterocycles. The summed E-state index contributed by atoms with van der Waals surface area (Å²) in [5, 5.41) is 0. The molecule has 108 valence electrons. The second-order valence-corrected chi connectivity index (χ2v) is 6.11. The normalized spacial score (nSPS) is 12.1. The molecular formula is C11H20N4O3S. The van der Waals surface area contributed by atoms with Crippen LogP contribution in [0.5, 0.6) is 0 Å². The van der Waals surface area contributed by atoms with E-state index >= 15 is 0 Å². The first-order valence-electron chi connectivity index (χ1n) is 5.87. The molecule has 0 aliphatic rings. The van der Waals surface area contributed by atoms with Gasteiger partial charge in [0.1, 0.15) is 5.82 Å². The minimum Gasteiger partial charge on any atom is -0.383 e. The van der Waals surface area contributed by atoms with Crippen LogP contribution in [-0.4, -0.2) is 44.0 Å². The maximum absolute atomic E-state index is 12.5. The molecule has 1 rings (SSSR count). The van der Waals surface area contributed by atoms with Crippen molar-refractivity contribution in [3.63, 3.8) is 0 Å². The van der Waals surface area contributed by atoms with Crippen LogP contribution in [0.2, 0.25) is 0 Å². The van der Waals surface area contributed by atoms with Crippen LogP contribution in [0.3, 0.4) is 0 Å². The number of hydrogen-bond acceptors (Lipinski definition) is 6. The maximum Gasteiger partial charge on any atom is 0.243 e. The Hall–Kier alpha value is -1.22. The number of sulfonamides is 1. The molecule has 0 amide bonds. The fourth-order valence-corrected chi connectivity index (χ4v) is 3.26. The number of nitrogen functional groups attached to an aromatic ring is 1. The topological polar surface area (TPSA) is 97.5 Å². The van der Waals surface area contributed by atoms with Crippen molar-refractivity contribution in [1.82, 2.24) is 9.29 Å². The molecule has 0 aromatic carbocycles. The Bertz CT molecular complexity index is 504. The van der Waals surface area contributed by atoms with Crippen LogP contribution >= 0.6 is 0 Å². The van der Waals surface area contributed by atoms with E-state index in [-0.39, 0.29) is 10.9 Å². The molecule has 8 heteroatoms. The summed E-state index contributed by atoms with van der Waals surface area (Å²) in [6, 6.07) is 2.68. The number of anilines is 1. The fourth-order valence-electron chi connectivity index (χ4n) is 1.62. The number of aromatic nitrogens is 1. The van der Waals surface area contributed by atoms with E-state index in [1.165, 1.54) is 29.7 Å². The molecule has 0 aliphatic carbocycles. The summed E-state index contributed by atoms with van der Waals surface area (Å²) < 4.78 is 31.4. The van der Waals surface area contributed by atoms with E-state index in [1.54, 1.807) is 0 Å². The predicted octanol–water partition coefficient (Wildman–Crippen LogP) is 0.413. The van der Waals surface area contributed by atoms with E-state index in [1.807, 2.05) is 13.8 Å². The summed E-state index contributed by atoms with van der Waals surface area (Å²) >= 11 is 0. The Balaban J connectivity index is 3.11. The summed E-state index contributed by atoms with van der Waals surface area (Å²) in [4.78, 5) is 4.05. The van der Waals surface area contributed by atoms with Crippen molar-refractivity contribution in [3.8, 4) is 0 Å². The van der Waals surface area contributed by atoms with Crippen LogP contribution in [-0.2, 0) is 14.8 Å². The van der Waals surface area contributed by atoms with E-state index in [0.29, 0.717) is 19.0 Å². The van der Waals surface area contributed by atoms with Gasteiger partial charge in [0.25, 0.3) is 0 Å². The van der Waals surface area contributed by atoms with E-state index in [0.717, 1.165) is 0 Å². The van der Waals surface area contributed by atoms with Gasteiger partial charge in [-0.3, -0.25) is 0 Å². The lowest BCUT2D eigenvalue weighted by Gasteiger charge is -2.25. The van der Waals surface area contributed by atoms with Crippen molar-refractivity contribution in [2.45, 2.75) is 24.8 Å². The molecule has 0 unspecified atom stereocenters. The first-order valence-corrected chi connectivity index (χ1v) is 7.31. The lowest BCUT2D eigenvalue weighted by atomic mass is 10.4. The molecule has 0 saturated carbocycles. The molecule has 1 aromatic rings. The highest BCUT2D eigenvalue weighted by Crippen LogP contribution is 2.19. The van der Waals surface area contributed by atoms with Crippen LogP contribution in [0.15, 0.2) is 23.2 Å². The number of rotatable bonds is 7. The van der Waals surface area contributed by atoms with Crippen LogP contribution in [0.1, 0.15) is 13.8 Å². The second kappa shape index (κ2) is 6.80. The van der Waals surface area contributed by atoms with Crippen LogP contribution in [0, 0.1) is 0 Å². The number of nitrogens with one attached hydrogen (secondary N) is 1. The average Bonchev–Trinajstić information content (AvgIpc) is 2.38. The van der Waals surface area contributed by atoms with E-state index in [4.69, 9.17) is 10.6 Å². The zero-order chi connectivity index (χ0) is 14.5. The zero-order valence-electron chi connectivity index (χ0n) is 11.3. The van der Waals surface area contributed by atoms with Gasteiger partial charge in [0.15, 0.2) is 0 Å². The summed E-state index contributed by atoms with van der Waals surface area (Å²) in [5.41, 5.74) is 2.33. The van der Waals surface area contributed by atoms with Gasteiger partial charge in [0.2, 0.25) is 10.0 Å². The lowest BCUT2D eigenvalue weighted by Crippen LogP contribution is -2.39. The molecule has 0 fully saturated rings. The third kappa shape index (κ3) is 3.87. The molecule has 7 nitrogen and oxygen atoms in total. The molecule has 0 spiro atoms. The van der Waals surface area contributed by atoms with Gasteiger partial charge in [-0.2, -0.15) is 4.31 Å². The minimum atomic E-state index is -3.59. The van der Waals surface area contributed by atoms with Gasteiger partial charge in [-0.05, 0) is 19.9 Å². The van der Waals surface area contributed by atoms with Crippen LogP contribution < -0.4 is 11.3 Å². The highest BCUT2D eigenvalue weighted by molar-refractivity contribution is 7.89. The van der Waals surface area contributed by atoms with E-state index < -0.39 is 10.0 Å². The van der Waals surface area contributed by atoms with Crippen molar-refractivity contribution < 1.29 is 13.2 Å². The molecule has 0 bridgehead atoms. The lowest BCUT2D eigenvalue weighted by molar-refractivity contribution is 0.171. The zero-order valence-corrected chi connectivity index (χ0v) is 12.1. The Morgan fingerprint density at radius 1 is 1.53 bits per heavy atom. The third-order valence-electron chi connectivity index (χ3n) is 2.58. The number of pyridine rings is 1. The smallest absolute Gasteiger partial charge is 0.243 e. The van der Waals surface area contributed by atoms with Crippen molar-refractivity contribution in [2.75, 3.05) is 25.7 Å². The SMILES string of the molecule is COCCN(C(C)C)S(=O)(=O)c1ccnc(NN)c1. The summed E-state index contributed by atoms with van der Waals surface area (Å²) in [7, 11) is -2.05. The van der Waals surface area contributed by atoms with Gasteiger partial charge >= 0.3 is 0 Å². The largest absolute Gasteiger partial charge is 0.383 e. The molecule has 19 heavy (non-hydrogen) atoms. The summed E-state index contributed by atoms with van der Waals surface area (Å²) in [6.07, 6.45) is 1.40. The van der Waals surface area contributed by atoms with Crippen molar-refractivity contribution in [2.24, 2.45) is 5.84 Å². The number of nitrogens with two attached hydrogens (primary N) is 1. The number of hydrogen-bond donors (Lipinski definition) is 2. The summed E-state index contributed by atoms with van der Waals surface area (Å²) in [6.45, 7) is 4.27. The van der Waals surface area contributed by atoms with Crippen molar-refractivity contribution in [1.29, 1.82) is 0 Å². The number of nitrogens with zero attached hydrogens (tertiary/aromatic N) is 2. The maximum atomic E-state index is 12.5. The fraction of sp³-hybridized carbons (Fsp3) is 0.545. The Morgan fingerprint density at radius 2 is 2.21 bits per heavy atom. The Morgan fingerprint density at radius 3 is 2.74 bits per heavy atom. The van der Waals surface area contributed by atoms with Crippen LogP contribution in [0.4, 0.5) is 5.82 Å². The summed E-state index contributed by atoms with van der Waals surface area (Å²) in [5.74, 6) is 5.54. The molecular weight excluding hydrogens is 268 g/mol. The van der Waals surface area contributed by atoms with E-state index in [2.05, 4.69) is 10.4 Å². The quantitative estimate of drug-likeness (QED) is 0.557. The Labute approximate surface area is 113 Å². The standard InChI is InChI=1S/C11H20N4O3S/c1-9(2)15(6-7-18-3)19(16,17)10-4-5-13-11(8-10)14-12/h4-5,8-9H,6-7,12H2,1-3H3,(H,13,14). The molecule has 0 atom stereocenters. The van der Waals surface area contributed by atoms with Gasteiger partial charge in [-0.25, -0.2) is 19.2 Å². The van der Waals surface area contributed by atoms with Crippen molar-refractivity contribution in [3.05, 3.63) is 18.3 Å². The molecule has 0 radical (unpaired) electrons. The highest BCUT2D eigenvalue weighted by Gasteiger charge is 2.26. The van der Waals surface area contributed by atoms with Gasteiger partial charge in [0.05, 0.1) is 11.5 Å². The Kier molecular flexibility index (Phi) is 5.67. The number of ether oxygens (including phenoxy) is 1. The van der Waals surface area contributed by atoms with Crippen LogP contribution in [0.25, 0.3) is 0 Å². The number of methoxy groups -OCH3 is 1.